The number of nitrogens with zero attached hydrogens (tertiary/aromatic N) is 5. The van der Waals surface area contributed by atoms with E-state index >= 15 is 0 Å². The molecule has 3 aromatic heterocycles. The molecular formula is C24H29N5O5. The van der Waals surface area contributed by atoms with Crippen molar-refractivity contribution in [1.29, 1.82) is 0 Å². The minimum Gasteiger partial charge on any atom is -0.493 e. The van der Waals surface area contributed by atoms with Gasteiger partial charge in [-0.25, -0.2) is 9.36 Å². The first-order chi connectivity index (χ1) is 16.1. The number of ketones is 1. The molecule has 1 atom stereocenters. The highest BCUT2D eigenvalue weighted by Crippen LogP contribution is 2.28. The number of imidazole rings is 2. The molecule has 3 heterocycles. The molecule has 0 radical (unpaired) electrons. The molecule has 10 heteroatoms. The van der Waals surface area contributed by atoms with Gasteiger partial charge in [-0.2, -0.15) is 4.98 Å². The summed E-state index contributed by atoms with van der Waals surface area (Å²) in [5.74, 6) is 1.64. The molecule has 0 N–H and O–H groups in total. The second kappa shape index (κ2) is 8.51. The van der Waals surface area contributed by atoms with Gasteiger partial charge in [0.1, 0.15) is 0 Å². The van der Waals surface area contributed by atoms with Crippen molar-refractivity contribution in [3.8, 4) is 11.5 Å². The van der Waals surface area contributed by atoms with Crippen LogP contribution in [0.3, 0.4) is 0 Å². The zero-order valence-corrected chi connectivity index (χ0v) is 20.5. The number of Topliss-reactive ketones (excluding diaryl/α,β-unsaturated/α-hetero) is 1. The molecule has 10 nitrogen and oxygen atoms in total. The Hall–Kier alpha value is -3.82. The van der Waals surface area contributed by atoms with E-state index in [1.165, 1.54) is 11.5 Å². The number of hydrogen-bond donors (Lipinski definition) is 0. The van der Waals surface area contributed by atoms with E-state index in [9.17, 15) is 14.4 Å². The maximum atomic E-state index is 13.4. The van der Waals surface area contributed by atoms with Crippen LogP contribution in [0.1, 0.15) is 36.8 Å². The predicted molar refractivity (Wildman–Crippen MR) is 128 cm³/mol. The highest BCUT2D eigenvalue weighted by Gasteiger charge is 2.25. The van der Waals surface area contributed by atoms with Crippen LogP contribution in [0.5, 0.6) is 11.5 Å². The van der Waals surface area contributed by atoms with E-state index in [0.717, 1.165) is 21.5 Å². The third-order valence-corrected chi connectivity index (χ3v) is 6.63. The van der Waals surface area contributed by atoms with Crippen molar-refractivity contribution in [3.05, 3.63) is 56.0 Å². The number of aryl methyl sites for hydroxylation is 4. The van der Waals surface area contributed by atoms with Crippen LogP contribution in [0.4, 0.5) is 0 Å². The van der Waals surface area contributed by atoms with Gasteiger partial charge in [0.2, 0.25) is 5.78 Å². The number of rotatable bonds is 7. The van der Waals surface area contributed by atoms with E-state index in [2.05, 4.69) is 4.98 Å². The number of ether oxygens (including phenoxy) is 2. The molecule has 4 rings (SSSR count). The van der Waals surface area contributed by atoms with Crippen LogP contribution < -0.4 is 20.7 Å². The van der Waals surface area contributed by atoms with E-state index in [-0.39, 0.29) is 11.3 Å². The van der Waals surface area contributed by atoms with Crippen molar-refractivity contribution >= 4 is 22.7 Å². The summed E-state index contributed by atoms with van der Waals surface area (Å²) in [5.41, 5.74) is 2.37. The van der Waals surface area contributed by atoms with Crippen molar-refractivity contribution in [2.45, 2.75) is 46.7 Å². The summed E-state index contributed by atoms with van der Waals surface area (Å²) in [6, 6.07) is 4.93. The van der Waals surface area contributed by atoms with Gasteiger partial charge < -0.3 is 14.0 Å². The first kappa shape index (κ1) is 23.3. The van der Waals surface area contributed by atoms with Crippen LogP contribution in [0.2, 0.25) is 0 Å². The largest absolute Gasteiger partial charge is 0.493 e. The predicted octanol–water partition coefficient (Wildman–Crippen LogP) is 2.18. The quantitative estimate of drug-likeness (QED) is 0.413. The molecule has 0 unspecified atom stereocenters. The first-order valence-electron chi connectivity index (χ1n) is 11.0. The average Bonchev–Trinajstić information content (AvgIpc) is 3.31. The van der Waals surface area contributed by atoms with Crippen LogP contribution in [0, 0.1) is 13.8 Å². The van der Waals surface area contributed by atoms with Gasteiger partial charge in [-0.1, -0.05) is 6.07 Å². The van der Waals surface area contributed by atoms with Crippen molar-refractivity contribution in [2.24, 2.45) is 7.05 Å². The van der Waals surface area contributed by atoms with Gasteiger partial charge in [0.25, 0.3) is 5.56 Å². The molecule has 180 valence electrons. The molecule has 0 aliphatic carbocycles. The van der Waals surface area contributed by atoms with E-state index in [0.29, 0.717) is 35.9 Å². The number of carbonyl (C=O) groups excluding carboxylic acids is 1. The highest BCUT2D eigenvalue weighted by atomic mass is 16.5. The van der Waals surface area contributed by atoms with Gasteiger partial charge in [-0.3, -0.25) is 18.6 Å². The van der Waals surface area contributed by atoms with Gasteiger partial charge in [0.15, 0.2) is 28.4 Å². The minimum absolute atomic E-state index is 0.264. The maximum absolute atomic E-state index is 13.4. The van der Waals surface area contributed by atoms with E-state index < -0.39 is 17.3 Å². The van der Waals surface area contributed by atoms with Crippen LogP contribution in [0.25, 0.3) is 16.9 Å². The molecule has 0 saturated heterocycles. The van der Waals surface area contributed by atoms with Gasteiger partial charge in [-0.15, -0.1) is 0 Å². The number of aromatic nitrogens is 5. The summed E-state index contributed by atoms with van der Waals surface area (Å²) in [7, 11) is 4.77. The smallest absolute Gasteiger partial charge is 0.333 e. The molecule has 1 aromatic carbocycles. The number of carbonyl (C=O) groups is 1. The molecule has 0 fully saturated rings. The SMILES string of the molecule is COc1ccc(CCn2c(C)c(C)n3c4c(=O)n([C@@H](C)C(C)=O)c(=O)n(C)c4nc23)cc1OC. The average molecular weight is 468 g/mol. The topological polar surface area (TPSA) is 102 Å². The zero-order chi connectivity index (χ0) is 24.9. The van der Waals surface area contributed by atoms with E-state index in [1.54, 1.807) is 32.6 Å². The Balaban J connectivity index is 1.87. The fourth-order valence-electron chi connectivity index (χ4n) is 4.35. The van der Waals surface area contributed by atoms with Crippen LogP contribution in [-0.4, -0.2) is 43.1 Å². The van der Waals surface area contributed by atoms with Crippen molar-refractivity contribution in [3.63, 3.8) is 0 Å². The van der Waals surface area contributed by atoms with Crippen molar-refractivity contribution in [2.75, 3.05) is 14.2 Å². The standard InChI is InChI=1S/C24H29N5O5/c1-13-14(2)28-20-21(26(5)24(32)29(22(20)31)15(3)16(4)30)25-23(28)27(13)11-10-17-8-9-18(33-6)19(12-17)34-7/h8-9,12,15H,10-11H2,1-7H3/t15-/m0/s1. The zero-order valence-electron chi connectivity index (χ0n) is 20.5. The van der Waals surface area contributed by atoms with Crippen molar-refractivity contribution < 1.29 is 14.3 Å². The molecule has 0 saturated carbocycles. The van der Waals surface area contributed by atoms with Gasteiger partial charge >= 0.3 is 5.69 Å². The van der Waals surface area contributed by atoms with Crippen LogP contribution in [0.15, 0.2) is 27.8 Å². The third kappa shape index (κ3) is 3.41. The monoisotopic (exact) mass is 467 g/mol. The second-order valence-corrected chi connectivity index (χ2v) is 8.48. The van der Waals surface area contributed by atoms with Gasteiger partial charge in [0.05, 0.1) is 20.3 Å². The molecule has 0 aliphatic heterocycles. The second-order valence-electron chi connectivity index (χ2n) is 8.48. The molecule has 0 aliphatic rings. The van der Waals surface area contributed by atoms with Gasteiger partial charge in [-0.05, 0) is 51.8 Å². The third-order valence-electron chi connectivity index (χ3n) is 6.63. The lowest BCUT2D eigenvalue weighted by molar-refractivity contribution is -0.119. The maximum Gasteiger partial charge on any atom is 0.333 e. The molecule has 34 heavy (non-hydrogen) atoms. The fourth-order valence-corrected chi connectivity index (χ4v) is 4.35. The first-order valence-corrected chi connectivity index (χ1v) is 11.0. The summed E-state index contributed by atoms with van der Waals surface area (Å²) >= 11 is 0. The van der Waals surface area contributed by atoms with Gasteiger partial charge in [0, 0.05) is 25.0 Å². The Kier molecular flexibility index (Phi) is 5.84. The molecular weight excluding hydrogens is 438 g/mol. The Labute approximate surface area is 196 Å². The lowest BCUT2D eigenvalue weighted by Gasteiger charge is -2.13. The summed E-state index contributed by atoms with van der Waals surface area (Å²) in [6.07, 6.45) is 0.693. The number of hydrogen-bond acceptors (Lipinski definition) is 6. The highest BCUT2D eigenvalue weighted by molar-refractivity contribution is 5.81. The summed E-state index contributed by atoms with van der Waals surface area (Å²) in [4.78, 5) is 43.0. The molecule has 4 aromatic rings. The normalized spacial score (nSPS) is 12.4. The summed E-state index contributed by atoms with van der Waals surface area (Å²) in [6.45, 7) is 7.42. The van der Waals surface area contributed by atoms with E-state index in [1.807, 2.05) is 36.6 Å². The number of methoxy groups -OCH3 is 2. The Morgan fingerprint density at radius 3 is 2.38 bits per heavy atom. The lowest BCUT2D eigenvalue weighted by atomic mass is 10.1. The molecule has 0 amide bonds. The summed E-state index contributed by atoms with van der Waals surface area (Å²) in [5, 5.41) is 0. The lowest BCUT2D eigenvalue weighted by Crippen LogP contribution is -2.42. The molecule has 0 spiro atoms. The Morgan fingerprint density at radius 1 is 1.09 bits per heavy atom. The number of benzene rings is 1. The molecule has 0 bridgehead atoms. The Bertz CT molecular complexity index is 1550. The fraction of sp³-hybridized carbons (Fsp3) is 0.417. The number of fused-ring (bicyclic) bond motifs is 3. The van der Waals surface area contributed by atoms with Crippen LogP contribution >= 0.6 is 0 Å². The summed E-state index contributed by atoms with van der Waals surface area (Å²) < 4.78 is 16.9. The Morgan fingerprint density at radius 2 is 1.76 bits per heavy atom. The van der Waals surface area contributed by atoms with E-state index in [4.69, 9.17) is 9.47 Å². The minimum atomic E-state index is -0.866. The van der Waals surface area contributed by atoms with Crippen LogP contribution in [-0.2, 0) is 24.8 Å². The van der Waals surface area contributed by atoms with Crippen molar-refractivity contribution in [1.82, 2.24) is 23.1 Å².